The zero-order chi connectivity index (χ0) is 15.0. The molecule has 0 aliphatic carbocycles. The molecule has 1 unspecified atom stereocenters. The summed E-state index contributed by atoms with van der Waals surface area (Å²) in [7, 11) is 0. The quantitative estimate of drug-likeness (QED) is 0.436. The van der Waals surface area contributed by atoms with E-state index in [-0.39, 0.29) is 11.3 Å². The summed E-state index contributed by atoms with van der Waals surface area (Å²) < 4.78 is 0. The Morgan fingerprint density at radius 2 is 1.78 bits per heavy atom. The van der Waals surface area contributed by atoms with E-state index in [2.05, 4.69) is 13.5 Å². The molecule has 98 valence electrons. The predicted octanol–water partition coefficient (Wildman–Crippen LogP) is 2.87. The van der Waals surface area contributed by atoms with Crippen LogP contribution in [0.2, 0.25) is 0 Å². The van der Waals surface area contributed by atoms with Crippen LogP contribution in [0.5, 0.6) is 0 Å². The second-order valence-corrected chi connectivity index (χ2v) is 4.21. The van der Waals surface area contributed by atoms with Crippen LogP contribution in [0, 0.1) is 40.9 Å². The van der Waals surface area contributed by atoms with Gasteiger partial charge in [-0.25, -0.2) is 0 Å². The van der Waals surface area contributed by atoms with Crippen LogP contribution in [0.25, 0.3) is 0 Å². The molecule has 0 rings (SSSR count). The minimum Gasteiger partial charge on any atom is -0.303 e. The molecular weight excluding hydrogens is 228 g/mol. The first kappa shape index (κ1) is 21.2. The van der Waals surface area contributed by atoms with E-state index in [9.17, 15) is 9.59 Å². The van der Waals surface area contributed by atoms with Crippen molar-refractivity contribution in [1.29, 1.82) is 10.5 Å². The van der Waals surface area contributed by atoms with Gasteiger partial charge in [0.2, 0.25) is 0 Å². The van der Waals surface area contributed by atoms with Crippen LogP contribution in [-0.2, 0) is 9.59 Å². The van der Waals surface area contributed by atoms with Gasteiger partial charge in [0.05, 0.1) is 19.1 Å². The van der Waals surface area contributed by atoms with Gasteiger partial charge in [-0.15, -0.1) is 0 Å². The van der Waals surface area contributed by atoms with Gasteiger partial charge >= 0.3 is 0 Å². The summed E-state index contributed by atoms with van der Waals surface area (Å²) in [6, 6.07) is 3.69. The Balaban J connectivity index is -0.000000212. The lowest BCUT2D eigenvalue weighted by molar-refractivity contribution is -0.115. The van der Waals surface area contributed by atoms with E-state index < -0.39 is 0 Å². The number of hydrogen-bond donors (Lipinski definition) is 0. The smallest absolute Gasteiger partial charge is 0.166 e. The number of hydrogen-bond acceptors (Lipinski definition) is 4. The van der Waals surface area contributed by atoms with Crippen molar-refractivity contribution < 1.29 is 9.59 Å². The third kappa shape index (κ3) is 29.2. The highest BCUT2D eigenvalue weighted by Crippen LogP contribution is 2.17. The third-order valence-electron chi connectivity index (χ3n) is 1.52. The van der Waals surface area contributed by atoms with Gasteiger partial charge < -0.3 is 4.79 Å². The average molecular weight is 249 g/mol. The first-order valence-electron chi connectivity index (χ1n) is 5.43. The van der Waals surface area contributed by atoms with Gasteiger partial charge in [0.1, 0.15) is 12.2 Å². The molecule has 0 bridgehead atoms. The summed E-state index contributed by atoms with van der Waals surface area (Å²) in [6.07, 6.45) is 4.00. The van der Waals surface area contributed by atoms with Gasteiger partial charge in [-0.3, -0.25) is 4.79 Å². The van der Waals surface area contributed by atoms with E-state index in [1.165, 1.54) is 6.08 Å². The molecule has 0 aromatic carbocycles. The van der Waals surface area contributed by atoms with E-state index >= 15 is 0 Å². The first-order valence-corrected chi connectivity index (χ1v) is 5.43. The minimum atomic E-state index is -0.310. The summed E-state index contributed by atoms with van der Waals surface area (Å²) in [5, 5.41) is 15.7. The van der Waals surface area contributed by atoms with E-state index in [0.717, 1.165) is 12.6 Å². The van der Waals surface area contributed by atoms with Crippen LogP contribution in [0.4, 0.5) is 0 Å². The monoisotopic (exact) mass is 249 g/mol. The van der Waals surface area contributed by atoms with Gasteiger partial charge in [-0.2, -0.15) is 10.5 Å². The lowest BCUT2D eigenvalue weighted by Crippen LogP contribution is -2.11. The maximum absolute atomic E-state index is 10.2. The number of nitrogens with zero attached hydrogens (tertiary/aromatic N) is 2. The maximum atomic E-state index is 10.2. The molecule has 0 heterocycles. The normalized spacial score (nSPS) is 9.83. The summed E-state index contributed by atoms with van der Waals surface area (Å²) in [5.74, 6) is -0.0463. The van der Waals surface area contributed by atoms with Crippen LogP contribution in [0.1, 0.15) is 33.6 Å². The average Bonchev–Trinajstić information content (AvgIpc) is 2.37. The second-order valence-electron chi connectivity index (χ2n) is 4.21. The van der Waals surface area contributed by atoms with Crippen molar-refractivity contribution in [2.75, 3.05) is 0 Å². The summed E-state index contributed by atoms with van der Waals surface area (Å²) in [5.41, 5.74) is -0.310. The topological polar surface area (TPSA) is 81.7 Å². The van der Waals surface area contributed by atoms with Gasteiger partial charge in [-0.05, 0) is 13.3 Å². The Labute approximate surface area is 110 Å². The van der Waals surface area contributed by atoms with E-state index in [4.69, 9.17) is 10.5 Å². The predicted molar refractivity (Wildman–Crippen MR) is 71.1 cm³/mol. The highest BCUT2D eigenvalue weighted by atomic mass is 16.1. The van der Waals surface area contributed by atoms with Crippen molar-refractivity contribution in [1.82, 2.24) is 0 Å². The molecule has 4 heteroatoms. The molecule has 0 aromatic heterocycles. The zero-order valence-corrected chi connectivity index (χ0v) is 11.3. The first-order chi connectivity index (χ1) is 8.31. The van der Waals surface area contributed by atoms with Crippen molar-refractivity contribution in [3.63, 3.8) is 0 Å². The summed E-state index contributed by atoms with van der Waals surface area (Å²) in [4.78, 5) is 19.7. The number of carbonyl (C=O) groups is 2. The molecule has 0 N–H and O–H groups in total. The fraction of sp³-hybridized carbons (Fsp3) is 0.500. The largest absolute Gasteiger partial charge is 0.303 e. The SMILES string of the molecule is C=CC#N.CC(C)(C=O)CCC#N.[CH2+]C(C)C=O. The van der Waals surface area contributed by atoms with E-state index in [1.54, 1.807) is 13.0 Å². The van der Waals surface area contributed by atoms with Crippen LogP contribution < -0.4 is 0 Å². The van der Waals surface area contributed by atoms with Gasteiger partial charge in [0.25, 0.3) is 0 Å². The molecule has 0 radical (unpaired) electrons. The number of nitriles is 2. The Morgan fingerprint density at radius 1 is 1.39 bits per heavy atom. The lowest BCUT2D eigenvalue weighted by Gasteiger charge is -2.12. The molecule has 0 spiro atoms. The molecule has 0 saturated heterocycles. The van der Waals surface area contributed by atoms with E-state index in [0.29, 0.717) is 12.8 Å². The number of aldehydes is 2. The molecule has 1 atom stereocenters. The van der Waals surface area contributed by atoms with Crippen LogP contribution in [0.15, 0.2) is 12.7 Å². The molecule has 4 nitrogen and oxygen atoms in total. The molecule has 0 saturated carbocycles. The van der Waals surface area contributed by atoms with Gasteiger partial charge in [0, 0.05) is 17.9 Å². The second kappa shape index (κ2) is 14.9. The molecule has 0 aliphatic rings. The minimum absolute atomic E-state index is 0.0463. The fourth-order valence-electron chi connectivity index (χ4n) is 0.437. The third-order valence-corrected chi connectivity index (χ3v) is 1.52. The van der Waals surface area contributed by atoms with E-state index in [1.807, 2.05) is 19.9 Å². The number of allylic oxidation sites excluding steroid dienone is 1. The highest BCUT2D eigenvalue weighted by Gasteiger charge is 2.14. The van der Waals surface area contributed by atoms with Crippen LogP contribution >= 0.6 is 0 Å². The number of rotatable bonds is 4. The summed E-state index contributed by atoms with van der Waals surface area (Å²) in [6.45, 7) is 11.9. The maximum Gasteiger partial charge on any atom is 0.166 e. The molecule has 0 aliphatic heterocycles. The van der Waals surface area contributed by atoms with Crippen molar-refractivity contribution in [2.24, 2.45) is 11.3 Å². The fourth-order valence-corrected chi connectivity index (χ4v) is 0.437. The Hall–Kier alpha value is -2.07. The zero-order valence-electron chi connectivity index (χ0n) is 11.3. The molecular formula is C14H21N2O2+. The summed E-state index contributed by atoms with van der Waals surface area (Å²) >= 11 is 0. The molecule has 0 amide bonds. The number of carbonyl (C=O) groups excluding carboxylic acids is 2. The lowest BCUT2D eigenvalue weighted by atomic mass is 9.90. The van der Waals surface area contributed by atoms with Crippen molar-refractivity contribution >= 4 is 12.6 Å². The van der Waals surface area contributed by atoms with Crippen molar-refractivity contribution in [2.45, 2.75) is 33.6 Å². The van der Waals surface area contributed by atoms with Crippen LogP contribution in [0.3, 0.4) is 0 Å². The van der Waals surface area contributed by atoms with Crippen LogP contribution in [-0.4, -0.2) is 12.6 Å². The molecule has 0 fully saturated rings. The molecule has 0 aromatic rings. The van der Waals surface area contributed by atoms with Gasteiger partial charge in [0.15, 0.2) is 6.29 Å². The standard InChI is InChI=1S/C7H11NO.C4H7O.C3H3N/c1-7(2,6-9)4-3-5-8;1-4(2)3-5;1-2-3-4/h6H,3-4H2,1-2H3;3-4H,1H2,2H3;2H,1H2/q;+1;. The molecule has 18 heavy (non-hydrogen) atoms. The van der Waals surface area contributed by atoms with Crippen molar-refractivity contribution in [3.05, 3.63) is 19.6 Å². The van der Waals surface area contributed by atoms with Gasteiger partial charge in [-0.1, -0.05) is 20.4 Å². The Kier molecular flexibility index (Phi) is 17.6. The highest BCUT2D eigenvalue weighted by molar-refractivity contribution is 5.57. The Bertz CT molecular complexity index is 307. The Morgan fingerprint density at radius 3 is 1.94 bits per heavy atom. The van der Waals surface area contributed by atoms with Crippen molar-refractivity contribution in [3.8, 4) is 12.1 Å².